The molecule has 0 atom stereocenters. The zero-order valence-electron chi connectivity index (χ0n) is 14.7. The summed E-state index contributed by atoms with van der Waals surface area (Å²) in [5, 5.41) is 7.29. The minimum absolute atomic E-state index is 0.169. The molecule has 2 aromatic rings. The number of nitrogens with two attached hydrogens (primary N) is 1. The predicted octanol–water partition coefficient (Wildman–Crippen LogP) is 1.27. The van der Waals surface area contributed by atoms with E-state index in [1.54, 1.807) is 30.5 Å². The van der Waals surface area contributed by atoms with Crippen LogP contribution in [-0.2, 0) is 4.79 Å². The normalized spacial score (nSPS) is 15.6. The molecule has 138 valence electrons. The number of carbonyl (C=O) groups excluding carboxylic acids is 2. The first-order chi connectivity index (χ1) is 12.6. The van der Waals surface area contributed by atoms with Gasteiger partial charge in [0.25, 0.3) is 5.91 Å². The van der Waals surface area contributed by atoms with E-state index in [9.17, 15) is 9.59 Å². The third-order valence-corrected chi connectivity index (χ3v) is 4.55. The van der Waals surface area contributed by atoms with E-state index in [4.69, 9.17) is 10.5 Å². The van der Waals surface area contributed by atoms with Gasteiger partial charge in [-0.15, -0.1) is 0 Å². The Bertz CT molecular complexity index is 781. The average molecular weight is 357 g/mol. The zero-order valence-corrected chi connectivity index (χ0v) is 14.7. The summed E-state index contributed by atoms with van der Waals surface area (Å²) in [5.74, 6) is 0.618. The van der Waals surface area contributed by atoms with Crippen LogP contribution in [0.2, 0.25) is 0 Å². The van der Waals surface area contributed by atoms with Crippen LogP contribution in [0.1, 0.15) is 29.2 Å². The van der Waals surface area contributed by atoms with E-state index < -0.39 is 0 Å². The Morgan fingerprint density at radius 2 is 2.00 bits per heavy atom. The molecule has 0 bridgehead atoms. The van der Waals surface area contributed by atoms with Crippen molar-refractivity contribution in [3.05, 3.63) is 42.1 Å². The Morgan fingerprint density at radius 1 is 1.27 bits per heavy atom. The number of para-hydroxylation sites is 1. The summed E-state index contributed by atoms with van der Waals surface area (Å²) in [5.41, 5.74) is 5.73. The molecule has 26 heavy (non-hydrogen) atoms. The number of hydrogen-bond donors (Lipinski definition) is 2. The minimum Gasteiger partial charge on any atom is -0.496 e. The summed E-state index contributed by atoms with van der Waals surface area (Å²) in [6, 6.07) is 9.03. The molecule has 0 saturated carbocycles. The highest BCUT2D eigenvalue weighted by atomic mass is 16.5. The van der Waals surface area contributed by atoms with Crippen LogP contribution >= 0.6 is 0 Å². The van der Waals surface area contributed by atoms with Gasteiger partial charge in [0, 0.05) is 19.2 Å². The molecule has 3 rings (SSSR count). The molecule has 8 heteroatoms. The molecule has 1 saturated heterocycles. The number of rotatable bonds is 6. The van der Waals surface area contributed by atoms with Gasteiger partial charge in [0.05, 0.1) is 31.5 Å². The lowest BCUT2D eigenvalue weighted by Crippen LogP contribution is -2.40. The number of aromatic nitrogens is 2. The fraction of sp³-hybridized carbons (Fsp3) is 0.389. The Hall–Kier alpha value is -2.87. The van der Waals surface area contributed by atoms with Crippen molar-refractivity contribution in [3.8, 4) is 5.75 Å². The molecule has 1 aromatic carbocycles. The highest BCUT2D eigenvalue weighted by Gasteiger charge is 2.24. The summed E-state index contributed by atoms with van der Waals surface area (Å²) in [6.45, 7) is 1.82. The van der Waals surface area contributed by atoms with Gasteiger partial charge >= 0.3 is 0 Å². The van der Waals surface area contributed by atoms with Crippen LogP contribution < -0.4 is 15.8 Å². The number of primary amides is 1. The minimum atomic E-state index is -0.313. The molecular weight excluding hydrogens is 334 g/mol. The average Bonchev–Trinajstić information content (AvgIpc) is 3.10. The van der Waals surface area contributed by atoms with Crippen molar-refractivity contribution in [2.75, 3.05) is 32.1 Å². The number of carbonyl (C=O) groups is 2. The lowest BCUT2D eigenvalue weighted by atomic mass is 10.1. The topological polar surface area (TPSA) is 102 Å². The molecule has 1 aliphatic heterocycles. The molecule has 1 fully saturated rings. The van der Waals surface area contributed by atoms with E-state index in [0.29, 0.717) is 17.1 Å². The summed E-state index contributed by atoms with van der Waals surface area (Å²) in [7, 11) is 1.54. The molecule has 2 heterocycles. The molecule has 0 radical (unpaired) electrons. The Morgan fingerprint density at radius 3 is 2.69 bits per heavy atom. The summed E-state index contributed by atoms with van der Waals surface area (Å²) < 4.78 is 7.09. The van der Waals surface area contributed by atoms with Crippen LogP contribution in [0.25, 0.3) is 0 Å². The Balaban J connectivity index is 1.68. The predicted molar refractivity (Wildman–Crippen MR) is 97.1 cm³/mol. The van der Waals surface area contributed by atoms with Crippen LogP contribution in [0.3, 0.4) is 0 Å². The molecule has 1 aromatic heterocycles. The number of hydrogen-bond acceptors (Lipinski definition) is 5. The number of ether oxygens (including phenoxy) is 1. The van der Waals surface area contributed by atoms with Gasteiger partial charge in [-0.3, -0.25) is 14.5 Å². The monoisotopic (exact) mass is 357 g/mol. The van der Waals surface area contributed by atoms with Crippen LogP contribution in [-0.4, -0.2) is 53.2 Å². The lowest BCUT2D eigenvalue weighted by molar-refractivity contribution is -0.119. The van der Waals surface area contributed by atoms with Gasteiger partial charge in [-0.2, -0.15) is 5.10 Å². The van der Waals surface area contributed by atoms with Gasteiger partial charge in [-0.25, -0.2) is 4.68 Å². The van der Waals surface area contributed by atoms with Crippen molar-refractivity contribution in [2.24, 2.45) is 5.73 Å². The first-order valence-electron chi connectivity index (χ1n) is 8.57. The van der Waals surface area contributed by atoms with E-state index in [2.05, 4.69) is 10.4 Å². The van der Waals surface area contributed by atoms with Gasteiger partial charge in [0.2, 0.25) is 5.91 Å². The number of benzene rings is 1. The molecule has 8 nitrogen and oxygen atoms in total. The molecule has 0 unspecified atom stereocenters. The van der Waals surface area contributed by atoms with Gasteiger partial charge < -0.3 is 15.8 Å². The quantitative estimate of drug-likeness (QED) is 0.810. The molecule has 0 aliphatic carbocycles. The number of piperidine rings is 1. The number of anilines is 1. The van der Waals surface area contributed by atoms with Gasteiger partial charge in [0.1, 0.15) is 11.6 Å². The van der Waals surface area contributed by atoms with Crippen LogP contribution in [0.15, 0.2) is 36.5 Å². The fourth-order valence-corrected chi connectivity index (χ4v) is 3.26. The van der Waals surface area contributed by atoms with E-state index in [1.807, 2.05) is 15.6 Å². The first-order valence-corrected chi connectivity index (χ1v) is 8.57. The van der Waals surface area contributed by atoms with E-state index in [1.165, 1.54) is 7.11 Å². The molecule has 3 N–H and O–H groups in total. The van der Waals surface area contributed by atoms with Gasteiger partial charge in [-0.05, 0) is 25.0 Å². The third kappa shape index (κ3) is 4.02. The van der Waals surface area contributed by atoms with Crippen molar-refractivity contribution >= 4 is 17.6 Å². The number of amides is 2. The lowest BCUT2D eigenvalue weighted by Gasteiger charge is -2.31. The maximum absolute atomic E-state index is 12.6. The number of methoxy groups -OCH3 is 1. The van der Waals surface area contributed by atoms with Crippen LogP contribution in [0.5, 0.6) is 5.75 Å². The van der Waals surface area contributed by atoms with E-state index in [0.717, 1.165) is 25.9 Å². The van der Waals surface area contributed by atoms with Gasteiger partial charge in [-0.1, -0.05) is 12.1 Å². The smallest absolute Gasteiger partial charge is 0.260 e. The maximum atomic E-state index is 12.6. The fourth-order valence-electron chi connectivity index (χ4n) is 3.26. The number of nitrogens with zero attached hydrogens (tertiary/aromatic N) is 3. The molecule has 0 spiro atoms. The summed E-state index contributed by atoms with van der Waals surface area (Å²) in [4.78, 5) is 25.7. The Labute approximate surface area is 151 Å². The number of nitrogens with one attached hydrogen (secondary N) is 1. The Kier molecular flexibility index (Phi) is 5.52. The van der Waals surface area contributed by atoms with Crippen molar-refractivity contribution in [3.63, 3.8) is 0 Å². The highest BCUT2D eigenvalue weighted by Crippen LogP contribution is 2.26. The summed E-state index contributed by atoms with van der Waals surface area (Å²) in [6.07, 6.45) is 3.35. The van der Waals surface area contributed by atoms with Crippen molar-refractivity contribution in [2.45, 2.75) is 18.9 Å². The SMILES string of the molecule is COc1ccccc1C(=O)Nc1ccnn1C1CCN(CC(N)=O)CC1. The van der Waals surface area contributed by atoms with Crippen LogP contribution in [0.4, 0.5) is 5.82 Å². The van der Waals surface area contributed by atoms with Crippen molar-refractivity contribution in [1.82, 2.24) is 14.7 Å². The number of likely N-dealkylation sites (tertiary alicyclic amines) is 1. The molecule has 2 amide bonds. The second-order valence-electron chi connectivity index (χ2n) is 6.29. The zero-order chi connectivity index (χ0) is 18.5. The first kappa shape index (κ1) is 17.9. The van der Waals surface area contributed by atoms with Crippen molar-refractivity contribution < 1.29 is 14.3 Å². The second-order valence-corrected chi connectivity index (χ2v) is 6.29. The largest absolute Gasteiger partial charge is 0.496 e. The third-order valence-electron chi connectivity index (χ3n) is 4.55. The molecular formula is C18H23N5O3. The van der Waals surface area contributed by atoms with Gasteiger partial charge in [0.15, 0.2) is 0 Å². The molecule has 1 aliphatic rings. The summed E-state index contributed by atoms with van der Waals surface area (Å²) >= 11 is 0. The van der Waals surface area contributed by atoms with E-state index in [-0.39, 0.29) is 24.4 Å². The van der Waals surface area contributed by atoms with Crippen LogP contribution in [0, 0.1) is 0 Å². The second kappa shape index (κ2) is 8.01. The standard InChI is InChI=1S/C18H23N5O3/c1-26-15-5-3-2-4-14(15)18(25)21-17-6-9-20-23(17)13-7-10-22(11-8-13)12-16(19)24/h2-6,9,13H,7-8,10-12H2,1H3,(H2,19,24)(H,21,25). The van der Waals surface area contributed by atoms with E-state index >= 15 is 0 Å². The highest BCUT2D eigenvalue weighted by molar-refractivity contribution is 6.05. The van der Waals surface area contributed by atoms with Crippen molar-refractivity contribution in [1.29, 1.82) is 0 Å². The maximum Gasteiger partial charge on any atom is 0.260 e.